The minimum atomic E-state index is -0.479. The second-order valence-electron chi connectivity index (χ2n) is 9.51. The number of amides is 1. The highest BCUT2D eigenvalue weighted by molar-refractivity contribution is 9.10. The first-order chi connectivity index (χ1) is 19.0. The molecule has 0 spiro atoms. The maximum atomic E-state index is 13.3. The highest BCUT2D eigenvalue weighted by Gasteiger charge is 2.33. The van der Waals surface area contributed by atoms with Crippen molar-refractivity contribution in [2.45, 2.75) is 25.7 Å². The van der Waals surface area contributed by atoms with E-state index in [0.717, 1.165) is 52.2 Å². The smallest absolute Gasteiger partial charge is 0.343 e. The van der Waals surface area contributed by atoms with Crippen LogP contribution in [-0.2, 0) is 19.5 Å². The molecule has 0 unspecified atom stereocenters. The van der Waals surface area contributed by atoms with Crippen LogP contribution in [0.1, 0.15) is 48.4 Å². The fourth-order valence-electron chi connectivity index (χ4n) is 5.00. The van der Waals surface area contributed by atoms with E-state index in [1.165, 1.54) is 17.6 Å². The lowest BCUT2D eigenvalue weighted by Gasteiger charge is -2.29. The highest BCUT2D eigenvalue weighted by Crippen LogP contribution is 2.42. The molecule has 9 heteroatoms. The SMILES string of the molecule is COc1cc([C@@H]2NC(=O)c3c(sc4c3CCN(Cc3ccccc3)C4)N2)ccc1OC(=O)c1ccc(Br)cc1. The van der Waals surface area contributed by atoms with Gasteiger partial charge in [0.2, 0.25) is 0 Å². The lowest BCUT2D eigenvalue weighted by Crippen LogP contribution is -2.38. The average Bonchev–Trinajstić information content (AvgIpc) is 3.32. The Balaban J connectivity index is 1.19. The molecule has 0 saturated heterocycles. The number of carbonyl (C=O) groups is 2. The van der Waals surface area contributed by atoms with Crippen LogP contribution < -0.4 is 20.1 Å². The zero-order valence-corrected chi connectivity index (χ0v) is 23.6. The molecule has 198 valence electrons. The molecule has 6 rings (SSSR count). The summed E-state index contributed by atoms with van der Waals surface area (Å²) in [5.41, 5.74) is 4.43. The van der Waals surface area contributed by atoms with Gasteiger partial charge >= 0.3 is 5.97 Å². The first-order valence-corrected chi connectivity index (χ1v) is 14.2. The van der Waals surface area contributed by atoms with Gasteiger partial charge in [0.15, 0.2) is 11.5 Å². The monoisotopic (exact) mass is 603 g/mol. The lowest BCUT2D eigenvalue weighted by atomic mass is 10.00. The summed E-state index contributed by atoms with van der Waals surface area (Å²) in [6.07, 6.45) is 0.413. The van der Waals surface area contributed by atoms with E-state index in [2.05, 4.69) is 55.7 Å². The van der Waals surface area contributed by atoms with Crippen molar-refractivity contribution in [2.75, 3.05) is 19.0 Å². The third-order valence-electron chi connectivity index (χ3n) is 6.97. The van der Waals surface area contributed by atoms with E-state index >= 15 is 0 Å². The number of benzene rings is 3. The second-order valence-corrected chi connectivity index (χ2v) is 11.5. The highest BCUT2D eigenvalue weighted by atomic mass is 79.9. The van der Waals surface area contributed by atoms with Gasteiger partial charge in [-0.1, -0.05) is 52.3 Å². The summed E-state index contributed by atoms with van der Waals surface area (Å²) in [4.78, 5) is 29.5. The predicted octanol–water partition coefficient (Wildman–Crippen LogP) is 6.15. The van der Waals surface area contributed by atoms with Crippen LogP contribution in [0.2, 0.25) is 0 Å². The largest absolute Gasteiger partial charge is 0.493 e. The fraction of sp³-hybridized carbons (Fsp3) is 0.200. The Morgan fingerprint density at radius 3 is 2.62 bits per heavy atom. The zero-order chi connectivity index (χ0) is 26.9. The Labute approximate surface area is 238 Å². The van der Waals surface area contributed by atoms with E-state index in [9.17, 15) is 9.59 Å². The van der Waals surface area contributed by atoms with Crippen LogP contribution in [-0.4, -0.2) is 30.4 Å². The van der Waals surface area contributed by atoms with Gasteiger partial charge in [-0.05, 0) is 59.5 Å². The number of methoxy groups -OCH3 is 1. The molecule has 0 radical (unpaired) electrons. The molecule has 1 aromatic heterocycles. The normalized spacial score (nSPS) is 16.5. The number of nitrogens with zero attached hydrogens (tertiary/aromatic N) is 1. The second kappa shape index (κ2) is 10.8. The Morgan fingerprint density at radius 1 is 1.05 bits per heavy atom. The summed E-state index contributed by atoms with van der Waals surface area (Å²) in [6, 6.07) is 22.7. The molecule has 0 bridgehead atoms. The number of fused-ring (bicyclic) bond motifs is 3. The molecular weight excluding hydrogens is 578 g/mol. The Morgan fingerprint density at radius 2 is 1.85 bits per heavy atom. The van der Waals surface area contributed by atoms with Crippen molar-refractivity contribution in [3.05, 3.63) is 110 Å². The standard InChI is InChI=1S/C30H26BrN3O4S/c1-37-24-15-20(9-12-23(24)38-30(36)19-7-10-21(31)11-8-19)27-32-28(35)26-22-13-14-34(16-18-5-3-2-4-6-18)17-25(22)39-29(26)33-27/h2-12,15,27,33H,13-14,16-17H2,1H3,(H,32,35)/t27-/m1/s1. The third-order valence-corrected chi connectivity index (χ3v) is 8.64. The molecule has 3 aromatic carbocycles. The van der Waals surface area contributed by atoms with Crippen molar-refractivity contribution in [1.82, 2.24) is 10.2 Å². The number of hydrogen-bond donors (Lipinski definition) is 2. The summed E-state index contributed by atoms with van der Waals surface area (Å²) in [5.74, 6) is 0.157. The van der Waals surface area contributed by atoms with E-state index < -0.39 is 12.1 Å². The molecule has 2 aliphatic heterocycles. The van der Waals surface area contributed by atoms with Gasteiger partial charge in [0.25, 0.3) is 5.91 Å². The van der Waals surface area contributed by atoms with Crippen LogP contribution in [0.15, 0.2) is 77.3 Å². The molecule has 1 amide bonds. The van der Waals surface area contributed by atoms with Crippen molar-refractivity contribution in [2.24, 2.45) is 0 Å². The third kappa shape index (κ3) is 5.30. The van der Waals surface area contributed by atoms with Crippen LogP contribution in [0.3, 0.4) is 0 Å². The molecule has 3 heterocycles. The Kier molecular flexibility index (Phi) is 7.12. The van der Waals surface area contributed by atoms with Gasteiger partial charge in [-0.2, -0.15) is 0 Å². The van der Waals surface area contributed by atoms with Gasteiger partial charge in [-0.3, -0.25) is 9.69 Å². The van der Waals surface area contributed by atoms with E-state index in [-0.39, 0.29) is 5.91 Å². The number of anilines is 1. The van der Waals surface area contributed by atoms with Crippen LogP contribution >= 0.6 is 27.3 Å². The van der Waals surface area contributed by atoms with Crippen molar-refractivity contribution in [3.63, 3.8) is 0 Å². The molecule has 7 nitrogen and oxygen atoms in total. The van der Waals surface area contributed by atoms with Gasteiger partial charge < -0.3 is 20.1 Å². The Bertz CT molecular complexity index is 1540. The summed E-state index contributed by atoms with van der Waals surface area (Å²) in [7, 11) is 1.52. The minimum Gasteiger partial charge on any atom is -0.493 e. The average molecular weight is 605 g/mol. The number of hydrogen-bond acceptors (Lipinski definition) is 7. The quantitative estimate of drug-likeness (QED) is 0.203. The molecular formula is C30H26BrN3O4S. The topological polar surface area (TPSA) is 79.9 Å². The van der Waals surface area contributed by atoms with Crippen LogP contribution in [0.4, 0.5) is 5.00 Å². The minimum absolute atomic E-state index is 0.0764. The number of rotatable bonds is 6. The van der Waals surface area contributed by atoms with Crippen molar-refractivity contribution < 1.29 is 19.1 Å². The number of carbonyl (C=O) groups excluding carboxylic acids is 2. The molecule has 2 N–H and O–H groups in total. The number of ether oxygens (including phenoxy) is 2. The maximum Gasteiger partial charge on any atom is 0.343 e. The van der Waals surface area contributed by atoms with Gasteiger partial charge in [-0.15, -0.1) is 11.3 Å². The summed E-state index contributed by atoms with van der Waals surface area (Å²) in [5, 5.41) is 7.49. The summed E-state index contributed by atoms with van der Waals surface area (Å²) < 4.78 is 12.0. The van der Waals surface area contributed by atoms with Crippen molar-refractivity contribution in [1.29, 1.82) is 0 Å². The van der Waals surface area contributed by atoms with Crippen molar-refractivity contribution >= 4 is 44.1 Å². The molecule has 0 saturated carbocycles. The fourth-order valence-corrected chi connectivity index (χ4v) is 6.58. The number of esters is 1. The molecule has 1 atom stereocenters. The predicted molar refractivity (Wildman–Crippen MR) is 155 cm³/mol. The maximum absolute atomic E-state index is 13.3. The van der Waals surface area contributed by atoms with Crippen LogP contribution in [0, 0.1) is 0 Å². The summed E-state index contributed by atoms with van der Waals surface area (Å²) >= 11 is 5.02. The van der Waals surface area contributed by atoms with Gasteiger partial charge in [0.1, 0.15) is 11.2 Å². The number of thiophene rings is 1. The number of nitrogens with one attached hydrogen (secondary N) is 2. The van der Waals surface area contributed by atoms with Gasteiger partial charge in [0.05, 0.1) is 18.2 Å². The first kappa shape index (κ1) is 25.6. The molecule has 4 aromatic rings. The summed E-state index contributed by atoms with van der Waals surface area (Å²) in [6.45, 7) is 2.64. The Hall–Kier alpha value is -3.66. The first-order valence-electron chi connectivity index (χ1n) is 12.6. The molecule has 2 aliphatic rings. The number of halogens is 1. The van der Waals surface area contributed by atoms with E-state index in [0.29, 0.717) is 17.1 Å². The van der Waals surface area contributed by atoms with Crippen LogP contribution in [0.5, 0.6) is 11.5 Å². The zero-order valence-electron chi connectivity index (χ0n) is 21.2. The van der Waals surface area contributed by atoms with E-state index in [4.69, 9.17) is 9.47 Å². The van der Waals surface area contributed by atoms with Gasteiger partial charge in [0, 0.05) is 29.0 Å². The van der Waals surface area contributed by atoms with E-state index in [1.54, 1.807) is 47.7 Å². The molecule has 0 aliphatic carbocycles. The lowest BCUT2D eigenvalue weighted by molar-refractivity contribution is 0.0729. The van der Waals surface area contributed by atoms with E-state index in [1.807, 2.05) is 12.1 Å². The van der Waals surface area contributed by atoms with Gasteiger partial charge in [-0.25, -0.2) is 4.79 Å². The van der Waals surface area contributed by atoms with Crippen LogP contribution in [0.25, 0.3) is 0 Å². The molecule has 0 fully saturated rings. The molecule has 39 heavy (non-hydrogen) atoms. The van der Waals surface area contributed by atoms with Crippen molar-refractivity contribution in [3.8, 4) is 11.5 Å².